The third-order valence-electron chi connectivity index (χ3n) is 3.39. The number of epoxide rings is 1. The van der Waals surface area contributed by atoms with Crippen molar-refractivity contribution in [2.24, 2.45) is 0 Å². The van der Waals surface area contributed by atoms with Crippen molar-refractivity contribution in [1.29, 1.82) is 0 Å². The second-order valence-corrected chi connectivity index (χ2v) is 5.39. The van der Waals surface area contributed by atoms with Crippen LogP contribution in [0.2, 0.25) is 0 Å². The molecule has 2 N–H and O–H groups in total. The van der Waals surface area contributed by atoms with Crippen molar-refractivity contribution in [3.63, 3.8) is 0 Å². The fourth-order valence-corrected chi connectivity index (χ4v) is 1.41. The van der Waals surface area contributed by atoms with Gasteiger partial charge in [-0.15, -0.1) is 0 Å². The van der Waals surface area contributed by atoms with E-state index < -0.39 is 12.2 Å². The Labute approximate surface area is 145 Å². The van der Waals surface area contributed by atoms with Crippen molar-refractivity contribution in [1.82, 2.24) is 0 Å². The minimum absolute atomic E-state index is 0. The fourth-order valence-electron chi connectivity index (χ4n) is 1.41. The lowest BCUT2D eigenvalue weighted by Gasteiger charge is -2.19. The molecule has 3 radical (unpaired) electrons. The smallest absolute Gasteiger partial charge is 0.0807 e. The molecule has 0 aromatic carbocycles. The monoisotopic (exact) mass is 333 g/mol. The lowest BCUT2D eigenvalue weighted by molar-refractivity contribution is -0.0630. The molecule has 6 heteroatoms. The van der Waals surface area contributed by atoms with E-state index in [4.69, 9.17) is 14.2 Å². The van der Waals surface area contributed by atoms with E-state index in [1.807, 2.05) is 20.8 Å². The maximum atomic E-state index is 9.35. The van der Waals surface area contributed by atoms with E-state index in [1.165, 1.54) is 6.42 Å². The van der Waals surface area contributed by atoms with Crippen LogP contribution >= 0.6 is 0 Å². The van der Waals surface area contributed by atoms with E-state index in [0.717, 1.165) is 13.0 Å². The predicted octanol–water partition coefficient (Wildman–Crippen LogP) is 2.39. The molecule has 0 aromatic rings. The highest BCUT2D eigenvalue weighted by atomic mass is 16.6. The van der Waals surface area contributed by atoms with Crippen LogP contribution in [0.3, 0.4) is 0 Å². The molecule has 0 amide bonds. The molecule has 1 aliphatic heterocycles. The normalized spacial score (nSPS) is 19.3. The zero-order valence-electron chi connectivity index (χ0n) is 14.7. The summed E-state index contributed by atoms with van der Waals surface area (Å²) in [5.41, 5.74) is 0. The van der Waals surface area contributed by atoms with Gasteiger partial charge in [-0.25, -0.2) is 0 Å². The second-order valence-electron chi connectivity index (χ2n) is 5.39. The maximum absolute atomic E-state index is 9.35. The average Bonchev–Trinajstić information content (AvgIpc) is 3.34. The molecule has 1 heterocycles. The van der Waals surface area contributed by atoms with Crippen LogP contribution in [0.1, 0.15) is 60.8 Å². The minimum atomic E-state index is -0.393. The maximum Gasteiger partial charge on any atom is 0.0807 e. The highest BCUT2D eigenvalue weighted by molar-refractivity contribution is 5.75. The Bertz CT molecular complexity index is 227. The second kappa shape index (κ2) is 18.2. The fraction of sp³-hybridized carbons (Fsp3) is 1.00. The van der Waals surface area contributed by atoms with Crippen molar-refractivity contribution in [2.45, 2.75) is 85.2 Å². The average molecular weight is 333 g/mol. The van der Waals surface area contributed by atoms with Crippen LogP contribution in [-0.2, 0) is 14.2 Å². The Morgan fingerprint density at radius 1 is 0.957 bits per heavy atom. The van der Waals surface area contributed by atoms with Crippen LogP contribution < -0.4 is 0 Å². The molecule has 4 atom stereocenters. The molecule has 5 nitrogen and oxygen atoms in total. The summed E-state index contributed by atoms with van der Waals surface area (Å²) in [6.07, 6.45) is 3.30. The van der Waals surface area contributed by atoms with Crippen LogP contribution in [0.4, 0.5) is 0 Å². The lowest BCUT2D eigenvalue weighted by Crippen LogP contribution is -2.26. The van der Waals surface area contributed by atoms with Crippen LogP contribution in [0.25, 0.3) is 0 Å². The van der Waals surface area contributed by atoms with Crippen LogP contribution in [0.15, 0.2) is 0 Å². The Kier molecular flexibility index (Phi) is 21.9. The molecule has 1 rings (SSSR count). The van der Waals surface area contributed by atoms with E-state index in [0.29, 0.717) is 38.8 Å². The molecular weight excluding hydrogens is 295 g/mol. The van der Waals surface area contributed by atoms with E-state index >= 15 is 0 Å². The number of ether oxygens (including phenoxy) is 3. The molecule has 1 fully saturated rings. The molecule has 0 aliphatic carbocycles. The molecule has 0 saturated carbocycles. The molecule has 1 saturated heterocycles. The molecule has 23 heavy (non-hydrogen) atoms. The molecule has 0 aromatic heterocycles. The number of rotatable bonds is 11. The minimum Gasteiger partial charge on any atom is -0.391 e. The number of aliphatic hydroxyl groups is 2. The molecule has 4 unspecified atom stereocenters. The lowest BCUT2D eigenvalue weighted by atomic mass is 10.2. The molecule has 0 spiro atoms. The van der Waals surface area contributed by atoms with Crippen molar-refractivity contribution in [3.05, 3.63) is 0 Å². The molecular formula is C17H38BO5. The standard InChI is InChI=1S/C12H26O4.C4H8O.CH4.B/c1-4-10(13)7-15-9-12(6-3)16-8-11(14)5-2;1-2-4-3-5-4;;/h10-14H,4-9H2,1-3H3;4H,2-3H2,1H3;1H4;. The number of hydrogen-bond acceptors (Lipinski definition) is 5. The van der Waals surface area contributed by atoms with Gasteiger partial charge in [0, 0.05) is 8.41 Å². The van der Waals surface area contributed by atoms with Gasteiger partial charge in [-0.05, 0) is 25.7 Å². The first-order valence-electron chi connectivity index (χ1n) is 8.24. The van der Waals surface area contributed by atoms with E-state index in [1.54, 1.807) is 0 Å². The third kappa shape index (κ3) is 18.0. The Hall–Kier alpha value is -0.135. The summed E-state index contributed by atoms with van der Waals surface area (Å²) < 4.78 is 15.7. The van der Waals surface area contributed by atoms with Crippen LogP contribution in [0.5, 0.6) is 0 Å². The third-order valence-corrected chi connectivity index (χ3v) is 3.39. The van der Waals surface area contributed by atoms with Crippen molar-refractivity contribution >= 4 is 8.41 Å². The van der Waals surface area contributed by atoms with E-state index in [2.05, 4.69) is 6.92 Å². The van der Waals surface area contributed by atoms with E-state index in [9.17, 15) is 10.2 Å². The number of hydrogen-bond donors (Lipinski definition) is 2. The van der Waals surface area contributed by atoms with Gasteiger partial charge in [0.2, 0.25) is 0 Å². The van der Waals surface area contributed by atoms with Gasteiger partial charge in [-0.2, -0.15) is 0 Å². The highest BCUT2D eigenvalue weighted by Gasteiger charge is 2.18. The summed E-state index contributed by atoms with van der Waals surface area (Å²) in [5, 5.41) is 18.6. The molecule has 0 bridgehead atoms. The summed E-state index contributed by atoms with van der Waals surface area (Å²) in [5.74, 6) is 0. The van der Waals surface area contributed by atoms with Gasteiger partial charge in [0.05, 0.1) is 50.8 Å². The topological polar surface area (TPSA) is 71.5 Å². The van der Waals surface area contributed by atoms with Gasteiger partial charge in [0.25, 0.3) is 0 Å². The van der Waals surface area contributed by atoms with Gasteiger partial charge >= 0.3 is 0 Å². The summed E-state index contributed by atoms with van der Waals surface area (Å²) in [4.78, 5) is 0. The Morgan fingerprint density at radius 2 is 1.48 bits per heavy atom. The summed E-state index contributed by atoms with van der Waals surface area (Å²) in [6.45, 7) is 10.2. The summed E-state index contributed by atoms with van der Waals surface area (Å²) in [7, 11) is 0. The first kappa shape index (κ1) is 27.7. The number of aliphatic hydroxyl groups excluding tert-OH is 2. The SMILES string of the molecule is C.CCC(O)COCC(CC)OCC(O)CC.CCC1CO1.[B]. The highest BCUT2D eigenvalue weighted by Crippen LogP contribution is 2.10. The summed E-state index contributed by atoms with van der Waals surface area (Å²) in [6, 6.07) is 0. The zero-order chi connectivity index (χ0) is 16.1. The zero-order valence-corrected chi connectivity index (χ0v) is 14.7. The first-order valence-corrected chi connectivity index (χ1v) is 8.24. The van der Waals surface area contributed by atoms with Gasteiger partial charge < -0.3 is 24.4 Å². The van der Waals surface area contributed by atoms with Crippen molar-refractivity contribution in [2.75, 3.05) is 26.4 Å². The first-order chi connectivity index (χ1) is 10.1. The predicted molar refractivity (Wildman–Crippen MR) is 96.0 cm³/mol. The molecule has 139 valence electrons. The van der Waals surface area contributed by atoms with Gasteiger partial charge in [-0.3, -0.25) is 0 Å². The van der Waals surface area contributed by atoms with Crippen molar-refractivity contribution in [3.8, 4) is 0 Å². The van der Waals surface area contributed by atoms with Gasteiger partial charge in [0.15, 0.2) is 0 Å². The van der Waals surface area contributed by atoms with Gasteiger partial charge in [0.1, 0.15) is 0 Å². The van der Waals surface area contributed by atoms with E-state index in [-0.39, 0.29) is 21.9 Å². The quantitative estimate of drug-likeness (QED) is 0.449. The largest absolute Gasteiger partial charge is 0.391 e. The van der Waals surface area contributed by atoms with Gasteiger partial charge in [-0.1, -0.05) is 35.1 Å². The Morgan fingerprint density at radius 3 is 1.83 bits per heavy atom. The van der Waals surface area contributed by atoms with Crippen molar-refractivity contribution < 1.29 is 24.4 Å². The molecule has 1 aliphatic rings. The Balaban J connectivity index is -0.000000484. The summed E-state index contributed by atoms with van der Waals surface area (Å²) >= 11 is 0. The van der Waals surface area contributed by atoms with Crippen LogP contribution in [-0.4, -0.2) is 69.5 Å². The van der Waals surface area contributed by atoms with Crippen LogP contribution in [0, 0.1) is 0 Å².